The quantitative estimate of drug-likeness (QED) is 0.538. The molecule has 1 aliphatic rings. The number of benzene rings is 2. The van der Waals surface area contributed by atoms with E-state index < -0.39 is 0 Å². The summed E-state index contributed by atoms with van der Waals surface area (Å²) in [5.41, 5.74) is 5.12. The van der Waals surface area contributed by atoms with E-state index in [4.69, 9.17) is 9.47 Å². The molecule has 1 fully saturated rings. The molecule has 0 atom stereocenters. The van der Waals surface area contributed by atoms with Crippen molar-refractivity contribution < 1.29 is 19.2 Å². The Morgan fingerprint density at radius 2 is 2.00 bits per heavy atom. The number of nitrogens with zero attached hydrogens (tertiary/aromatic N) is 1. The van der Waals surface area contributed by atoms with Crippen molar-refractivity contribution >= 4 is 28.1 Å². The Kier molecular flexibility index (Phi) is 6.98. The highest BCUT2D eigenvalue weighted by Gasteiger charge is 2.14. The summed E-state index contributed by atoms with van der Waals surface area (Å²) >= 11 is 3.41. The lowest BCUT2D eigenvalue weighted by molar-refractivity contribution is -0.921. The molecule has 0 aliphatic carbocycles. The van der Waals surface area contributed by atoms with Crippen LogP contribution < -0.4 is 15.1 Å². The van der Waals surface area contributed by atoms with Crippen molar-refractivity contribution in [2.75, 3.05) is 33.4 Å². The third-order valence-corrected chi connectivity index (χ3v) is 4.92. The molecule has 0 saturated carbocycles. The van der Waals surface area contributed by atoms with Crippen LogP contribution in [-0.4, -0.2) is 45.5 Å². The molecule has 3 rings (SSSR count). The van der Waals surface area contributed by atoms with Crippen LogP contribution in [-0.2, 0) is 11.3 Å². The number of carbonyl (C=O) groups excluding carboxylic acids is 1. The van der Waals surface area contributed by atoms with E-state index in [0.717, 1.165) is 42.9 Å². The predicted octanol–water partition coefficient (Wildman–Crippen LogP) is 1.64. The molecular formula is C20H23BrN3O3+. The number of hydrazone groups is 1. The number of amides is 1. The Hall–Kier alpha value is -2.22. The van der Waals surface area contributed by atoms with E-state index in [9.17, 15) is 4.79 Å². The number of nitrogens with one attached hydrogen (secondary N) is 2. The minimum Gasteiger partial charge on any atom is -0.496 e. The van der Waals surface area contributed by atoms with Gasteiger partial charge in [-0.05, 0) is 30.3 Å². The number of rotatable bonds is 6. The molecule has 0 bridgehead atoms. The molecular weight excluding hydrogens is 410 g/mol. The number of carbonyl (C=O) groups is 1. The first-order valence-electron chi connectivity index (χ1n) is 8.83. The van der Waals surface area contributed by atoms with Crippen molar-refractivity contribution in [3.63, 3.8) is 0 Å². The number of morpholine rings is 1. The number of halogens is 1. The first kappa shape index (κ1) is 19.5. The zero-order valence-corrected chi connectivity index (χ0v) is 16.8. The SMILES string of the molecule is COc1ccc(Br)cc1/C=N\NC(=O)c1ccc(C[NH+]2CCOCC2)cc1. The van der Waals surface area contributed by atoms with E-state index in [1.807, 2.05) is 42.5 Å². The first-order valence-corrected chi connectivity index (χ1v) is 9.62. The number of hydrogen-bond donors (Lipinski definition) is 2. The highest BCUT2D eigenvalue weighted by Crippen LogP contribution is 2.21. The minimum absolute atomic E-state index is 0.245. The maximum atomic E-state index is 12.3. The van der Waals surface area contributed by atoms with Crippen molar-refractivity contribution in [1.82, 2.24) is 5.43 Å². The van der Waals surface area contributed by atoms with Gasteiger partial charge >= 0.3 is 0 Å². The molecule has 2 aromatic carbocycles. The van der Waals surface area contributed by atoms with Crippen LogP contribution in [0.25, 0.3) is 0 Å². The molecule has 0 radical (unpaired) electrons. The van der Waals surface area contributed by atoms with Crippen LogP contribution in [0.5, 0.6) is 5.75 Å². The highest BCUT2D eigenvalue weighted by molar-refractivity contribution is 9.10. The fourth-order valence-electron chi connectivity index (χ4n) is 2.93. The van der Waals surface area contributed by atoms with Crippen LogP contribution in [0.4, 0.5) is 0 Å². The second-order valence-electron chi connectivity index (χ2n) is 6.32. The van der Waals surface area contributed by atoms with Gasteiger partial charge in [-0.2, -0.15) is 5.10 Å². The molecule has 1 saturated heterocycles. The molecule has 0 spiro atoms. The number of quaternary nitrogens is 1. The summed E-state index contributed by atoms with van der Waals surface area (Å²) in [6.45, 7) is 4.63. The van der Waals surface area contributed by atoms with Gasteiger partial charge in [-0.3, -0.25) is 4.79 Å². The van der Waals surface area contributed by atoms with Crippen molar-refractivity contribution in [3.05, 3.63) is 63.6 Å². The molecule has 0 unspecified atom stereocenters. The van der Waals surface area contributed by atoms with Gasteiger partial charge < -0.3 is 14.4 Å². The summed E-state index contributed by atoms with van der Waals surface area (Å²) in [4.78, 5) is 13.8. The Bertz CT molecular complexity index is 803. The summed E-state index contributed by atoms with van der Waals surface area (Å²) in [5.74, 6) is 0.441. The Balaban J connectivity index is 1.57. The van der Waals surface area contributed by atoms with Gasteiger partial charge in [-0.1, -0.05) is 28.1 Å². The van der Waals surface area contributed by atoms with Crippen LogP contribution in [0, 0.1) is 0 Å². The smallest absolute Gasteiger partial charge is 0.271 e. The van der Waals surface area contributed by atoms with Crippen molar-refractivity contribution in [2.24, 2.45) is 5.10 Å². The summed E-state index contributed by atoms with van der Waals surface area (Å²) in [5, 5.41) is 4.04. The lowest BCUT2D eigenvalue weighted by atomic mass is 10.1. The molecule has 27 heavy (non-hydrogen) atoms. The fourth-order valence-corrected chi connectivity index (χ4v) is 3.31. The lowest BCUT2D eigenvalue weighted by Crippen LogP contribution is -3.12. The second-order valence-corrected chi connectivity index (χ2v) is 7.24. The third-order valence-electron chi connectivity index (χ3n) is 4.43. The van der Waals surface area contributed by atoms with Gasteiger partial charge in [0.15, 0.2) is 0 Å². The monoisotopic (exact) mass is 432 g/mol. The second kappa shape index (κ2) is 9.64. The maximum absolute atomic E-state index is 12.3. The van der Waals surface area contributed by atoms with E-state index in [1.165, 1.54) is 10.5 Å². The first-order chi connectivity index (χ1) is 13.2. The van der Waals surface area contributed by atoms with Crippen LogP contribution in [0.2, 0.25) is 0 Å². The molecule has 142 valence electrons. The predicted molar refractivity (Wildman–Crippen MR) is 107 cm³/mol. The summed E-state index contributed by atoms with van der Waals surface area (Å²) in [7, 11) is 1.60. The number of ether oxygens (including phenoxy) is 2. The van der Waals surface area contributed by atoms with Gasteiger partial charge in [0.25, 0.3) is 5.91 Å². The Labute approximate surface area is 167 Å². The molecule has 1 heterocycles. The van der Waals surface area contributed by atoms with E-state index >= 15 is 0 Å². The molecule has 2 aromatic rings. The van der Waals surface area contributed by atoms with Crippen LogP contribution in [0.3, 0.4) is 0 Å². The number of hydrogen-bond acceptors (Lipinski definition) is 4. The van der Waals surface area contributed by atoms with Gasteiger partial charge in [0, 0.05) is 21.2 Å². The highest BCUT2D eigenvalue weighted by atomic mass is 79.9. The normalized spacial score (nSPS) is 15.0. The van der Waals surface area contributed by atoms with Crippen molar-refractivity contribution in [3.8, 4) is 5.75 Å². The average Bonchev–Trinajstić information content (AvgIpc) is 2.69. The van der Waals surface area contributed by atoms with Crippen molar-refractivity contribution in [1.29, 1.82) is 0 Å². The van der Waals surface area contributed by atoms with Crippen LogP contribution in [0.1, 0.15) is 21.5 Å². The third kappa shape index (κ3) is 5.63. The topological polar surface area (TPSA) is 64.4 Å². The molecule has 1 aliphatic heterocycles. The molecule has 0 aromatic heterocycles. The van der Waals surface area contributed by atoms with Gasteiger partial charge in [0.05, 0.1) is 26.5 Å². The summed E-state index contributed by atoms with van der Waals surface area (Å²) < 4.78 is 11.6. The van der Waals surface area contributed by atoms with E-state index in [1.54, 1.807) is 13.3 Å². The largest absolute Gasteiger partial charge is 0.496 e. The molecule has 6 nitrogen and oxygen atoms in total. The van der Waals surface area contributed by atoms with Gasteiger partial charge in [-0.25, -0.2) is 5.43 Å². The van der Waals surface area contributed by atoms with E-state index in [0.29, 0.717) is 11.3 Å². The van der Waals surface area contributed by atoms with E-state index in [2.05, 4.69) is 26.5 Å². The molecule has 2 N–H and O–H groups in total. The molecule has 1 amide bonds. The zero-order chi connectivity index (χ0) is 19.1. The van der Waals surface area contributed by atoms with Crippen LogP contribution in [0.15, 0.2) is 52.0 Å². The average molecular weight is 433 g/mol. The fraction of sp³-hybridized carbons (Fsp3) is 0.300. The standard InChI is InChI=1S/C20H22BrN3O3/c1-26-19-7-6-18(21)12-17(19)13-22-23-20(25)16-4-2-15(3-5-16)14-24-8-10-27-11-9-24/h2-7,12-13H,8-11,14H2,1H3,(H,23,25)/p+1/b22-13-. The summed E-state index contributed by atoms with van der Waals surface area (Å²) in [6.07, 6.45) is 1.57. The maximum Gasteiger partial charge on any atom is 0.271 e. The Morgan fingerprint density at radius 1 is 1.26 bits per heavy atom. The van der Waals surface area contributed by atoms with Gasteiger partial charge in [-0.15, -0.1) is 0 Å². The lowest BCUT2D eigenvalue weighted by Gasteiger charge is -2.23. The van der Waals surface area contributed by atoms with Gasteiger partial charge in [0.1, 0.15) is 25.4 Å². The van der Waals surface area contributed by atoms with Gasteiger partial charge in [0.2, 0.25) is 0 Å². The molecule has 7 heteroatoms. The Morgan fingerprint density at radius 3 is 2.70 bits per heavy atom. The minimum atomic E-state index is -0.245. The zero-order valence-electron chi connectivity index (χ0n) is 15.2. The van der Waals surface area contributed by atoms with Crippen LogP contribution >= 0.6 is 15.9 Å². The summed E-state index contributed by atoms with van der Waals surface area (Å²) in [6, 6.07) is 13.3. The number of methoxy groups -OCH3 is 1. The van der Waals surface area contributed by atoms with E-state index in [-0.39, 0.29) is 5.91 Å². The van der Waals surface area contributed by atoms with Crippen molar-refractivity contribution in [2.45, 2.75) is 6.54 Å².